The molecule has 0 bridgehead atoms. The minimum absolute atomic E-state index is 0.219. The fourth-order valence-corrected chi connectivity index (χ4v) is 4.90. The molecule has 0 saturated carbocycles. The van der Waals surface area contributed by atoms with E-state index in [1.807, 2.05) is 50.9 Å². The summed E-state index contributed by atoms with van der Waals surface area (Å²) in [6.45, 7) is 0.808. The highest BCUT2D eigenvalue weighted by Gasteiger charge is 2.17. The Kier molecular flexibility index (Phi) is 4.93. The molecule has 0 amide bonds. The summed E-state index contributed by atoms with van der Waals surface area (Å²) in [7, 11) is 4.07. The van der Waals surface area contributed by atoms with Crippen molar-refractivity contribution in [1.82, 2.24) is 35.0 Å². The summed E-state index contributed by atoms with van der Waals surface area (Å²) in [5, 5.41) is 8.14. The lowest BCUT2D eigenvalue weighted by molar-refractivity contribution is 0.402. The van der Waals surface area contributed by atoms with Crippen LogP contribution in [0.5, 0.6) is 0 Å². The number of rotatable bonds is 5. The lowest BCUT2D eigenvalue weighted by Gasteiger charge is -2.10. The fourth-order valence-electron chi connectivity index (χ4n) is 4.14. The summed E-state index contributed by atoms with van der Waals surface area (Å²) in [5.41, 5.74) is 6.96. The predicted octanol–water partition coefficient (Wildman–Crippen LogP) is 5.49. The number of aromatic nitrogens is 6. The minimum atomic E-state index is -0.219. The molecule has 0 radical (unpaired) electrons. The number of nitrogens with one attached hydrogen (secondary N) is 2. The van der Waals surface area contributed by atoms with Crippen molar-refractivity contribution in [2.24, 2.45) is 0 Å². The van der Waals surface area contributed by atoms with E-state index < -0.39 is 0 Å². The molecule has 0 spiro atoms. The van der Waals surface area contributed by atoms with Gasteiger partial charge < -0.3 is 9.88 Å². The van der Waals surface area contributed by atoms with Crippen molar-refractivity contribution < 1.29 is 4.39 Å². The van der Waals surface area contributed by atoms with Crippen LogP contribution in [0.4, 0.5) is 4.39 Å². The van der Waals surface area contributed by atoms with Crippen LogP contribution in [0.15, 0.2) is 61.1 Å². The van der Waals surface area contributed by atoms with Gasteiger partial charge in [-0.3, -0.25) is 10.1 Å². The number of imidazole rings is 1. The third kappa shape index (κ3) is 3.64. The molecule has 0 atom stereocenters. The molecular formula is C25H20FN7S. The number of benzene rings is 1. The van der Waals surface area contributed by atoms with Gasteiger partial charge in [-0.2, -0.15) is 9.49 Å². The Hall–Kier alpha value is -3.95. The Balaban J connectivity index is 1.45. The van der Waals surface area contributed by atoms with Crippen LogP contribution in [-0.4, -0.2) is 49.1 Å². The highest BCUT2D eigenvalue weighted by atomic mass is 32.1. The zero-order chi connectivity index (χ0) is 23.2. The van der Waals surface area contributed by atoms with Crippen molar-refractivity contribution in [2.45, 2.75) is 6.54 Å². The van der Waals surface area contributed by atoms with Crippen molar-refractivity contribution in [3.8, 4) is 33.1 Å². The van der Waals surface area contributed by atoms with E-state index in [4.69, 9.17) is 4.98 Å². The average Bonchev–Trinajstić information content (AvgIpc) is 3.55. The molecule has 0 fully saturated rings. The van der Waals surface area contributed by atoms with Gasteiger partial charge in [-0.15, -0.1) is 11.3 Å². The molecule has 6 aromatic rings. The van der Waals surface area contributed by atoms with Crippen LogP contribution in [0, 0.1) is 5.13 Å². The van der Waals surface area contributed by atoms with Gasteiger partial charge in [0.15, 0.2) is 16.6 Å². The number of hydrogen-bond acceptors (Lipinski definition) is 6. The molecule has 1 aromatic carbocycles. The van der Waals surface area contributed by atoms with Crippen molar-refractivity contribution >= 4 is 33.4 Å². The third-order valence-corrected chi connectivity index (χ3v) is 6.53. The Morgan fingerprint density at radius 3 is 2.74 bits per heavy atom. The molecule has 5 heterocycles. The van der Waals surface area contributed by atoms with Gasteiger partial charge in [0.05, 0.1) is 16.4 Å². The van der Waals surface area contributed by atoms with Gasteiger partial charge in [0.2, 0.25) is 0 Å². The van der Waals surface area contributed by atoms with E-state index in [0.29, 0.717) is 17.2 Å². The maximum atomic E-state index is 13.6. The van der Waals surface area contributed by atoms with Crippen molar-refractivity contribution in [2.75, 3.05) is 14.1 Å². The number of H-pyrrole nitrogens is 2. The van der Waals surface area contributed by atoms with Crippen LogP contribution in [0.1, 0.15) is 5.56 Å². The average molecular weight is 470 g/mol. The topological polar surface area (TPSA) is 86.4 Å². The van der Waals surface area contributed by atoms with E-state index in [1.165, 1.54) is 6.07 Å². The lowest BCUT2D eigenvalue weighted by atomic mass is 10.1. The molecule has 5 aromatic heterocycles. The van der Waals surface area contributed by atoms with Gasteiger partial charge in [0.1, 0.15) is 5.69 Å². The number of halogens is 1. The molecule has 168 valence electrons. The number of fused-ring (bicyclic) bond motifs is 2. The van der Waals surface area contributed by atoms with E-state index in [-0.39, 0.29) is 5.13 Å². The molecule has 0 aliphatic rings. The molecule has 0 saturated heterocycles. The quantitative estimate of drug-likeness (QED) is 0.349. The molecule has 6 rings (SSSR count). The van der Waals surface area contributed by atoms with Crippen LogP contribution in [0.25, 0.3) is 55.2 Å². The lowest BCUT2D eigenvalue weighted by Crippen LogP contribution is -2.10. The Labute approximate surface area is 198 Å². The van der Waals surface area contributed by atoms with Crippen LogP contribution >= 0.6 is 11.3 Å². The highest BCUT2D eigenvalue weighted by Crippen LogP contribution is 2.35. The van der Waals surface area contributed by atoms with Gasteiger partial charge >= 0.3 is 0 Å². The SMILES string of the molecule is CN(C)Cc1cncc(-c2cnc3[nH]nc(-c4nc5c(-c6ccc(F)s6)cccc5[nH]4)c3c2)c1. The fraction of sp³-hybridized carbons (Fsp3) is 0.120. The van der Waals surface area contributed by atoms with E-state index in [0.717, 1.165) is 61.4 Å². The second-order valence-electron chi connectivity index (χ2n) is 8.40. The molecule has 9 heteroatoms. The predicted molar refractivity (Wildman–Crippen MR) is 133 cm³/mol. The van der Waals surface area contributed by atoms with Crippen LogP contribution < -0.4 is 0 Å². The maximum Gasteiger partial charge on any atom is 0.176 e. The van der Waals surface area contributed by atoms with E-state index in [2.05, 4.69) is 42.2 Å². The number of nitrogens with zero attached hydrogens (tertiary/aromatic N) is 5. The molecule has 2 N–H and O–H groups in total. The number of aromatic amines is 2. The smallest absolute Gasteiger partial charge is 0.176 e. The summed E-state index contributed by atoms with van der Waals surface area (Å²) in [4.78, 5) is 20.1. The van der Waals surface area contributed by atoms with E-state index in [1.54, 1.807) is 6.07 Å². The van der Waals surface area contributed by atoms with E-state index >= 15 is 0 Å². The van der Waals surface area contributed by atoms with Crippen LogP contribution in [0.3, 0.4) is 0 Å². The molecule has 34 heavy (non-hydrogen) atoms. The second kappa shape index (κ2) is 8.12. The molecular weight excluding hydrogens is 449 g/mol. The maximum absolute atomic E-state index is 13.6. The summed E-state index contributed by atoms with van der Waals surface area (Å²) in [5.74, 6) is 0.629. The molecule has 7 nitrogen and oxygen atoms in total. The Morgan fingerprint density at radius 1 is 1.03 bits per heavy atom. The van der Waals surface area contributed by atoms with Gasteiger partial charge in [-0.25, -0.2) is 9.97 Å². The highest BCUT2D eigenvalue weighted by molar-refractivity contribution is 7.14. The van der Waals surface area contributed by atoms with Gasteiger partial charge in [0.25, 0.3) is 0 Å². The largest absolute Gasteiger partial charge is 0.337 e. The molecule has 0 aliphatic heterocycles. The monoisotopic (exact) mass is 469 g/mol. The van der Waals surface area contributed by atoms with Crippen LogP contribution in [-0.2, 0) is 6.54 Å². The number of pyridine rings is 2. The third-order valence-electron chi connectivity index (χ3n) is 5.62. The number of para-hydroxylation sites is 1. The molecule has 0 aliphatic carbocycles. The number of thiophene rings is 1. The first-order valence-electron chi connectivity index (χ1n) is 10.7. The minimum Gasteiger partial charge on any atom is -0.337 e. The van der Waals surface area contributed by atoms with Crippen molar-refractivity contribution in [3.63, 3.8) is 0 Å². The number of hydrogen-bond donors (Lipinski definition) is 2. The Bertz CT molecular complexity index is 1650. The zero-order valence-corrected chi connectivity index (χ0v) is 19.3. The molecule has 0 unspecified atom stereocenters. The van der Waals surface area contributed by atoms with Crippen molar-refractivity contribution in [1.29, 1.82) is 0 Å². The van der Waals surface area contributed by atoms with Gasteiger partial charge in [0, 0.05) is 46.7 Å². The summed E-state index contributed by atoms with van der Waals surface area (Å²) >= 11 is 1.11. The van der Waals surface area contributed by atoms with Gasteiger partial charge in [-0.05, 0) is 50.0 Å². The first-order chi connectivity index (χ1) is 16.5. The standard InChI is InChI=1S/C25H20FN7S/c1-33(2)13-14-8-15(11-27-10-14)16-9-18-23(31-32-24(18)28-12-16)25-29-19-5-3-4-17(22(19)30-25)20-6-7-21(26)34-20/h3-12H,13H2,1-2H3,(H,29,30)(H,28,31,32). The Morgan fingerprint density at radius 2 is 1.91 bits per heavy atom. The van der Waals surface area contributed by atoms with Crippen LogP contribution in [0.2, 0.25) is 0 Å². The second-order valence-corrected chi connectivity index (χ2v) is 9.44. The van der Waals surface area contributed by atoms with Gasteiger partial charge in [-0.1, -0.05) is 12.1 Å². The first-order valence-corrected chi connectivity index (χ1v) is 11.5. The summed E-state index contributed by atoms with van der Waals surface area (Å²) in [6, 6.07) is 13.3. The van der Waals surface area contributed by atoms with E-state index in [9.17, 15) is 4.39 Å². The zero-order valence-electron chi connectivity index (χ0n) is 18.5. The first kappa shape index (κ1) is 20.6. The summed E-state index contributed by atoms with van der Waals surface area (Å²) in [6.07, 6.45) is 5.54. The normalized spacial score (nSPS) is 11.8. The summed E-state index contributed by atoms with van der Waals surface area (Å²) < 4.78 is 13.6. The van der Waals surface area contributed by atoms with Crippen molar-refractivity contribution in [3.05, 3.63) is 71.7 Å².